The quantitative estimate of drug-likeness (QED) is 0.549. The Morgan fingerprint density at radius 3 is 2.33 bits per heavy atom. The van der Waals surface area contributed by atoms with Crippen LogP contribution >= 0.6 is 0 Å². The first-order valence-electron chi connectivity index (χ1n) is 9.58. The second-order valence-corrected chi connectivity index (χ2v) is 6.82. The van der Waals surface area contributed by atoms with Gasteiger partial charge in [-0.15, -0.1) is 0 Å². The Bertz CT molecular complexity index is 868. The molecule has 0 aliphatic heterocycles. The lowest BCUT2D eigenvalue weighted by Crippen LogP contribution is -2.36. The fourth-order valence-electron chi connectivity index (χ4n) is 2.56. The van der Waals surface area contributed by atoms with E-state index in [1.54, 1.807) is 6.07 Å². The van der Waals surface area contributed by atoms with E-state index in [1.807, 2.05) is 44.2 Å². The zero-order chi connectivity index (χ0) is 21.9. The molecule has 0 fully saturated rings. The van der Waals surface area contributed by atoms with Crippen LogP contribution in [0.4, 0.5) is 0 Å². The molecule has 0 bridgehead atoms. The molecule has 0 atom stereocenters. The standard InChI is InChI=1S/C22H27N3O5/c1-15(2)25-21(27)14-30-18-10-9-17(11-19(18)29-3)22(28)24-13-20(26)23-12-16-7-5-4-6-8-16/h4-11,15H,12-14H2,1-3H3,(H,23,26)(H,24,28)(H,25,27). The maximum atomic E-state index is 12.3. The third-order valence-corrected chi connectivity index (χ3v) is 3.98. The Balaban J connectivity index is 1.86. The van der Waals surface area contributed by atoms with Gasteiger partial charge in [-0.2, -0.15) is 0 Å². The van der Waals surface area contributed by atoms with Gasteiger partial charge in [0.05, 0.1) is 13.7 Å². The van der Waals surface area contributed by atoms with E-state index in [0.717, 1.165) is 5.56 Å². The van der Waals surface area contributed by atoms with Gasteiger partial charge in [0.2, 0.25) is 5.91 Å². The van der Waals surface area contributed by atoms with Gasteiger partial charge in [-0.25, -0.2) is 0 Å². The number of carbonyl (C=O) groups is 3. The molecular formula is C22H27N3O5. The zero-order valence-electron chi connectivity index (χ0n) is 17.4. The summed E-state index contributed by atoms with van der Waals surface area (Å²) in [5.74, 6) is -0.319. The summed E-state index contributed by atoms with van der Waals surface area (Å²) in [5.41, 5.74) is 1.28. The van der Waals surface area contributed by atoms with Crippen LogP contribution in [-0.2, 0) is 16.1 Å². The van der Waals surface area contributed by atoms with Crippen molar-refractivity contribution in [3.63, 3.8) is 0 Å². The van der Waals surface area contributed by atoms with Gasteiger partial charge in [0, 0.05) is 18.2 Å². The number of methoxy groups -OCH3 is 1. The summed E-state index contributed by atoms with van der Waals surface area (Å²) in [4.78, 5) is 36.0. The van der Waals surface area contributed by atoms with E-state index < -0.39 is 5.91 Å². The van der Waals surface area contributed by atoms with Gasteiger partial charge in [-0.3, -0.25) is 14.4 Å². The SMILES string of the molecule is COc1cc(C(=O)NCC(=O)NCc2ccccc2)ccc1OCC(=O)NC(C)C. The molecule has 0 aromatic heterocycles. The Morgan fingerprint density at radius 1 is 0.933 bits per heavy atom. The third kappa shape index (κ3) is 7.46. The zero-order valence-corrected chi connectivity index (χ0v) is 17.4. The van der Waals surface area contributed by atoms with Crippen molar-refractivity contribution in [2.75, 3.05) is 20.3 Å². The van der Waals surface area contributed by atoms with E-state index in [9.17, 15) is 14.4 Å². The van der Waals surface area contributed by atoms with E-state index in [4.69, 9.17) is 9.47 Å². The summed E-state index contributed by atoms with van der Waals surface area (Å²) in [5, 5.41) is 8.03. The van der Waals surface area contributed by atoms with Gasteiger partial charge in [0.15, 0.2) is 18.1 Å². The Morgan fingerprint density at radius 2 is 1.67 bits per heavy atom. The molecule has 0 saturated carbocycles. The van der Waals surface area contributed by atoms with Crippen LogP contribution in [0.2, 0.25) is 0 Å². The molecule has 0 radical (unpaired) electrons. The van der Waals surface area contributed by atoms with Crippen molar-refractivity contribution in [3.05, 3.63) is 59.7 Å². The van der Waals surface area contributed by atoms with Crippen molar-refractivity contribution >= 4 is 17.7 Å². The lowest BCUT2D eigenvalue weighted by atomic mass is 10.2. The molecule has 0 aliphatic rings. The number of benzene rings is 2. The van der Waals surface area contributed by atoms with E-state index in [0.29, 0.717) is 23.6 Å². The van der Waals surface area contributed by atoms with Crippen LogP contribution < -0.4 is 25.4 Å². The number of nitrogens with one attached hydrogen (secondary N) is 3. The van der Waals surface area contributed by atoms with Crippen LogP contribution in [0.25, 0.3) is 0 Å². The van der Waals surface area contributed by atoms with Gasteiger partial charge in [-0.05, 0) is 37.6 Å². The highest BCUT2D eigenvalue weighted by molar-refractivity contribution is 5.97. The molecule has 3 amide bonds. The number of amides is 3. The van der Waals surface area contributed by atoms with Crippen LogP contribution in [0, 0.1) is 0 Å². The summed E-state index contributed by atoms with van der Waals surface area (Å²) in [6.45, 7) is 3.78. The number of ether oxygens (including phenoxy) is 2. The highest BCUT2D eigenvalue weighted by Gasteiger charge is 2.13. The highest BCUT2D eigenvalue weighted by atomic mass is 16.5. The minimum atomic E-state index is -0.424. The van der Waals surface area contributed by atoms with Crippen LogP contribution in [0.1, 0.15) is 29.8 Å². The van der Waals surface area contributed by atoms with Crippen LogP contribution in [-0.4, -0.2) is 44.0 Å². The van der Waals surface area contributed by atoms with Gasteiger partial charge in [-0.1, -0.05) is 30.3 Å². The molecule has 8 heteroatoms. The van der Waals surface area contributed by atoms with Crippen molar-refractivity contribution in [2.45, 2.75) is 26.4 Å². The largest absolute Gasteiger partial charge is 0.493 e. The minimum absolute atomic E-state index is 0.0129. The predicted molar refractivity (Wildman–Crippen MR) is 112 cm³/mol. The summed E-state index contributed by atoms with van der Waals surface area (Å²) >= 11 is 0. The summed E-state index contributed by atoms with van der Waals surface area (Å²) in [6, 6.07) is 14.1. The van der Waals surface area contributed by atoms with Crippen LogP contribution in [0.15, 0.2) is 48.5 Å². The number of hydrogen-bond donors (Lipinski definition) is 3. The molecule has 2 rings (SSSR count). The van der Waals surface area contributed by atoms with E-state index in [1.165, 1.54) is 19.2 Å². The highest BCUT2D eigenvalue weighted by Crippen LogP contribution is 2.28. The second-order valence-electron chi connectivity index (χ2n) is 6.82. The monoisotopic (exact) mass is 413 g/mol. The first-order chi connectivity index (χ1) is 14.4. The smallest absolute Gasteiger partial charge is 0.258 e. The van der Waals surface area contributed by atoms with Crippen molar-refractivity contribution in [1.82, 2.24) is 16.0 Å². The third-order valence-electron chi connectivity index (χ3n) is 3.98. The second kappa shape index (κ2) is 11.5. The first-order valence-corrected chi connectivity index (χ1v) is 9.58. The molecule has 0 heterocycles. The topological polar surface area (TPSA) is 106 Å². The van der Waals surface area contributed by atoms with Crippen LogP contribution in [0.5, 0.6) is 11.5 Å². The molecule has 3 N–H and O–H groups in total. The fourth-order valence-corrected chi connectivity index (χ4v) is 2.56. The van der Waals surface area contributed by atoms with E-state index >= 15 is 0 Å². The molecular weight excluding hydrogens is 386 g/mol. The number of rotatable bonds is 10. The molecule has 0 saturated heterocycles. The molecule has 0 unspecified atom stereocenters. The average molecular weight is 413 g/mol. The Labute approximate surface area is 175 Å². The molecule has 2 aromatic rings. The Hall–Kier alpha value is -3.55. The van der Waals surface area contributed by atoms with Gasteiger partial charge in [0.25, 0.3) is 11.8 Å². The molecule has 160 valence electrons. The first kappa shape index (κ1) is 22.7. The predicted octanol–water partition coefficient (Wildman–Crippen LogP) is 1.64. The van der Waals surface area contributed by atoms with Crippen LogP contribution in [0.3, 0.4) is 0 Å². The van der Waals surface area contributed by atoms with E-state index in [-0.39, 0.29) is 31.0 Å². The summed E-state index contributed by atoms with van der Waals surface area (Å²) in [7, 11) is 1.44. The lowest BCUT2D eigenvalue weighted by molar-refractivity contribution is -0.123. The van der Waals surface area contributed by atoms with Gasteiger partial charge >= 0.3 is 0 Å². The molecule has 0 aliphatic carbocycles. The maximum absolute atomic E-state index is 12.3. The fraction of sp³-hybridized carbons (Fsp3) is 0.318. The number of hydrogen-bond acceptors (Lipinski definition) is 5. The summed E-state index contributed by atoms with van der Waals surface area (Å²) in [6.07, 6.45) is 0. The van der Waals surface area contributed by atoms with Gasteiger partial charge < -0.3 is 25.4 Å². The lowest BCUT2D eigenvalue weighted by Gasteiger charge is -2.13. The molecule has 2 aromatic carbocycles. The van der Waals surface area contributed by atoms with Gasteiger partial charge in [0.1, 0.15) is 0 Å². The van der Waals surface area contributed by atoms with Crippen molar-refractivity contribution in [2.24, 2.45) is 0 Å². The minimum Gasteiger partial charge on any atom is -0.493 e. The van der Waals surface area contributed by atoms with E-state index in [2.05, 4.69) is 16.0 Å². The maximum Gasteiger partial charge on any atom is 0.258 e. The molecule has 0 spiro atoms. The Kier molecular flexibility index (Phi) is 8.68. The molecule has 30 heavy (non-hydrogen) atoms. The molecule has 8 nitrogen and oxygen atoms in total. The van der Waals surface area contributed by atoms with Crippen molar-refractivity contribution < 1.29 is 23.9 Å². The number of carbonyl (C=O) groups excluding carboxylic acids is 3. The normalized spacial score (nSPS) is 10.3. The van der Waals surface area contributed by atoms with Crippen molar-refractivity contribution in [3.8, 4) is 11.5 Å². The summed E-state index contributed by atoms with van der Waals surface area (Å²) < 4.78 is 10.7. The average Bonchev–Trinajstić information content (AvgIpc) is 2.74. The van der Waals surface area contributed by atoms with Crippen molar-refractivity contribution in [1.29, 1.82) is 0 Å².